The van der Waals surface area contributed by atoms with Crippen LogP contribution in [0.5, 0.6) is 5.75 Å². The Balaban J connectivity index is 2.01. The van der Waals surface area contributed by atoms with Crippen LogP contribution in [-0.4, -0.2) is 11.6 Å². The molecule has 0 atom stereocenters. The third-order valence-corrected chi connectivity index (χ3v) is 3.62. The van der Waals surface area contributed by atoms with Gasteiger partial charge in [-0.3, -0.25) is 0 Å². The van der Waals surface area contributed by atoms with Crippen LogP contribution in [0.2, 0.25) is 0 Å². The Morgan fingerprint density at radius 3 is 2.83 bits per heavy atom. The van der Waals surface area contributed by atoms with E-state index in [9.17, 15) is 0 Å². The molecule has 96 valence electrons. The number of hydrogen-bond donors (Lipinski definition) is 1. The zero-order chi connectivity index (χ0) is 12.8. The van der Waals surface area contributed by atoms with E-state index in [1.807, 2.05) is 25.1 Å². The average molecular weight is 262 g/mol. The topological polar surface area (TPSA) is 48.1 Å². The minimum Gasteiger partial charge on any atom is -0.494 e. The van der Waals surface area contributed by atoms with Crippen LogP contribution >= 0.6 is 11.3 Å². The lowest BCUT2D eigenvalue weighted by Gasteiger charge is -2.08. The van der Waals surface area contributed by atoms with E-state index < -0.39 is 0 Å². The summed E-state index contributed by atoms with van der Waals surface area (Å²) < 4.78 is 5.61. The molecule has 3 nitrogen and oxygen atoms in total. The van der Waals surface area contributed by atoms with E-state index >= 15 is 0 Å². The molecule has 0 fully saturated rings. The highest BCUT2D eigenvalue weighted by atomic mass is 32.1. The lowest BCUT2D eigenvalue weighted by molar-refractivity contribution is 0.336. The van der Waals surface area contributed by atoms with Crippen molar-refractivity contribution in [2.24, 2.45) is 5.73 Å². The first-order valence-electron chi connectivity index (χ1n) is 6.17. The first-order chi connectivity index (χ1) is 8.83. The van der Waals surface area contributed by atoms with E-state index in [1.165, 1.54) is 5.56 Å². The molecule has 4 heteroatoms. The van der Waals surface area contributed by atoms with Crippen molar-refractivity contribution in [3.05, 3.63) is 45.9 Å². The standard InChI is InChI=1S/C14H18N2OS/c1-2-17-13-6-4-3-5-11(13)7-8-12-10-18-14(9-15)16-12/h3-6,10H,2,7-9,15H2,1H3. The normalized spacial score (nSPS) is 10.6. The van der Waals surface area contributed by atoms with E-state index in [0.717, 1.165) is 29.3 Å². The average Bonchev–Trinajstić information content (AvgIpc) is 2.86. The molecule has 0 aliphatic carbocycles. The molecule has 2 N–H and O–H groups in total. The first-order valence-corrected chi connectivity index (χ1v) is 7.05. The zero-order valence-corrected chi connectivity index (χ0v) is 11.4. The summed E-state index contributed by atoms with van der Waals surface area (Å²) in [4.78, 5) is 4.47. The van der Waals surface area contributed by atoms with Gasteiger partial charge < -0.3 is 10.5 Å². The molecule has 0 radical (unpaired) electrons. The summed E-state index contributed by atoms with van der Waals surface area (Å²) >= 11 is 1.63. The predicted molar refractivity (Wildman–Crippen MR) is 75.0 cm³/mol. The summed E-state index contributed by atoms with van der Waals surface area (Å²) in [6.07, 6.45) is 1.88. The number of thiazole rings is 1. The van der Waals surface area contributed by atoms with Gasteiger partial charge in [-0.2, -0.15) is 0 Å². The van der Waals surface area contributed by atoms with E-state index in [2.05, 4.69) is 16.4 Å². The molecule has 0 unspecified atom stereocenters. The number of rotatable bonds is 6. The number of benzene rings is 1. The van der Waals surface area contributed by atoms with E-state index in [1.54, 1.807) is 11.3 Å². The zero-order valence-electron chi connectivity index (χ0n) is 10.6. The van der Waals surface area contributed by atoms with Gasteiger partial charge in [0.2, 0.25) is 0 Å². The van der Waals surface area contributed by atoms with Gasteiger partial charge in [-0.1, -0.05) is 18.2 Å². The minimum absolute atomic E-state index is 0.528. The van der Waals surface area contributed by atoms with Crippen molar-refractivity contribution in [2.45, 2.75) is 26.3 Å². The maximum Gasteiger partial charge on any atom is 0.122 e. The fraction of sp³-hybridized carbons (Fsp3) is 0.357. The van der Waals surface area contributed by atoms with Gasteiger partial charge >= 0.3 is 0 Å². The molecule has 2 aromatic rings. The molecule has 1 heterocycles. The maximum absolute atomic E-state index is 5.61. The number of hydrogen-bond acceptors (Lipinski definition) is 4. The van der Waals surface area contributed by atoms with Crippen molar-refractivity contribution < 1.29 is 4.74 Å². The number of aromatic nitrogens is 1. The fourth-order valence-corrected chi connectivity index (χ4v) is 2.54. The molecule has 2 rings (SSSR count). The molecule has 0 aliphatic rings. The van der Waals surface area contributed by atoms with Gasteiger partial charge in [-0.05, 0) is 31.4 Å². The lowest BCUT2D eigenvalue weighted by Crippen LogP contribution is -1.99. The van der Waals surface area contributed by atoms with Crippen LogP contribution < -0.4 is 10.5 Å². The maximum atomic E-state index is 5.61. The van der Waals surface area contributed by atoms with Crippen molar-refractivity contribution in [1.29, 1.82) is 0 Å². The van der Waals surface area contributed by atoms with Gasteiger partial charge in [0, 0.05) is 11.9 Å². The Bertz CT molecular complexity index is 496. The highest BCUT2D eigenvalue weighted by molar-refractivity contribution is 7.09. The highest BCUT2D eigenvalue weighted by Crippen LogP contribution is 2.20. The smallest absolute Gasteiger partial charge is 0.122 e. The summed E-state index contributed by atoms with van der Waals surface area (Å²) in [6.45, 7) is 3.23. The quantitative estimate of drug-likeness (QED) is 0.871. The van der Waals surface area contributed by atoms with Gasteiger partial charge in [-0.15, -0.1) is 11.3 Å². The van der Waals surface area contributed by atoms with Crippen LogP contribution in [0.25, 0.3) is 0 Å². The van der Waals surface area contributed by atoms with Crippen molar-refractivity contribution >= 4 is 11.3 Å². The molecule has 1 aromatic carbocycles. The van der Waals surface area contributed by atoms with Gasteiger partial charge in [0.25, 0.3) is 0 Å². The third kappa shape index (κ3) is 3.31. The Labute approximate surface area is 112 Å². The van der Waals surface area contributed by atoms with Gasteiger partial charge in [0.05, 0.1) is 12.3 Å². The summed E-state index contributed by atoms with van der Waals surface area (Å²) in [6, 6.07) is 8.18. The molecule has 0 bridgehead atoms. The number of aryl methyl sites for hydroxylation is 2. The van der Waals surface area contributed by atoms with Crippen LogP contribution in [-0.2, 0) is 19.4 Å². The van der Waals surface area contributed by atoms with Crippen LogP contribution in [0.3, 0.4) is 0 Å². The number of nitrogens with zero attached hydrogens (tertiary/aromatic N) is 1. The molecular weight excluding hydrogens is 244 g/mol. The largest absolute Gasteiger partial charge is 0.494 e. The molecule has 1 aromatic heterocycles. The minimum atomic E-state index is 0.528. The second kappa shape index (κ2) is 6.52. The summed E-state index contributed by atoms with van der Waals surface area (Å²) in [7, 11) is 0. The number of nitrogens with two attached hydrogens (primary N) is 1. The number of para-hydroxylation sites is 1. The molecule has 0 saturated carbocycles. The van der Waals surface area contributed by atoms with E-state index in [-0.39, 0.29) is 0 Å². The predicted octanol–water partition coefficient (Wildman–Crippen LogP) is 2.79. The fourth-order valence-electron chi connectivity index (χ4n) is 1.83. The van der Waals surface area contributed by atoms with Gasteiger partial charge in [0.15, 0.2) is 0 Å². The van der Waals surface area contributed by atoms with Crippen molar-refractivity contribution in [1.82, 2.24) is 4.98 Å². The van der Waals surface area contributed by atoms with Crippen LogP contribution in [0.4, 0.5) is 0 Å². The molecule has 18 heavy (non-hydrogen) atoms. The SMILES string of the molecule is CCOc1ccccc1CCc1csc(CN)n1. The van der Waals surface area contributed by atoms with Crippen LogP contribution in [0.1, 0.15) is 23.2 Å². The van der Waals surface area contributed by atoms with Crippen molar-refractivity contribution in [2.75, 3.05) is 6.61 Å². The Morgan fingerprint density at radius 1 is 1.28 bits per heavy atom. The third-order valence-electron chi connectivity index (χ3n) is 2.70. The Kier molecular flexibility index (Phi) is 4.73. The Hall–Kier alpha value is -1.39. The first kappa shape index (κ1) is 13.1. The number of ether oxygens (including phenoxy) is 1. The molecule has 0 saturated heterocycles. The van der Waals surface area contributed by atoms with E-state index in [4.69, 9.17) is 10.5 Å². The summed E-state index contributed by atoms with van der Waals surface area (Å²) in [5, 5.41) is 3.09. The van der Waals surface area contributed by atoms with Gasteiger partial charge in [-0.25, -0.2) is 4.98 Å². The molecule has 0 spiro atoms. The monoisotopic (exact) mass is 262 g/mol. The van der Waals surface area contributed by atoms with Crippen molar-refractivity contribution in [3.63, 3.8) is 0 Å². The molecular formula is C14H18N2OS. The highest BCUT2D eigenvalue weighted by Gasteiger charge is 2.05. The van der Waals surface area contributed by atoms with Gasteiger partial charge in [0.1, 0.15) is 10.8 Å². The summed E-state index contributed by atoms with van der Waals surface area (Å²) in [5.41, 5.74) is 7.92. The Morgan fingerprint density at radius 2 is 2.11 bits per heavy atom. The second-order valence-electron chi connectivity index (χ2n) is 3.98. The second-order valence-corrected chi connectivity index (χ2v) is 4.92. The molecule has 0 amide bonds. The van der Waals surface area contributed by atoms with E-state index in [0.29, 0.717) is 13.2 Å². The summed E-state index contributed by atoms with van der Waals surface area (Å²) in [5.74, 6) is 0.981. The lowest BCUT2D eigenvalue weighted by atomic mass is 10.1. The van der Waals surface area contributed by atoms with Crippen LogP contribution in [0, 0.1) is 0 Å². The van der Waals surface area contributed by atoms with Crippen molar-refractivity contribution in [3.8, 4) is 5.75 Å². The van der Waals surface area contributed by atoms with Crippen LogP contribution in [0.15, 0.2) is 29.6 Å². The molecule has 0 aliphatic heterocycles.